The highest BCUT2D eigenvalue weighted by Crippen LogP contribution is 1.99. The first kappa shape index (κ1) is 9.30. The lowest BCUT2D eigenvalue weighted by Crippen LogP contribution is -2.24. The zero-order valence-corrected chi connectivity index (χ0v) is 6.51. The zero-order valence-electron chi connectivity index (χ0n) is 6.51. The SMILES string of the molecule is COCC(C(C)=O)C(C)=O. The summed E-state index contributed by atoms with van der Waals surface area (Å²) in [5, 5.41) is 0. The van der Waals surface area contributed by atoms with Gasteiger partial charge in [0.1, 0.15) is 11.6 Å². The molecule has 0 aromatic carbocycles. The van der Waals surface area contributed by atoms with Gasteiger partial charge in [-0.1, -0.05) is 0 Å². The topological polar surface area (TPSA) is 43.4 Å². The summed E-state index contributed by atoms with van der Waals surface area (Å²) < 4.78 is 4.68. The maximum Gasteiger partial charge on any atom is 0.142 e. The fourth-order valence-corrected chi connectivity index (χ4v) is 0.688. The normalized spacial score (nSPS) is 10.0. The van der Waals surface area contributed by atoms with Gasteiger partial charge < -0.3 is 4.74 Å². The summed E-state index contributed by atoms with van der Waals surface area (Å²) in [5.74, 6) is -0.825. The molecule has 0 aromatic heterocycles. The molecule has 0 amide bonds. The first-order chi connectivity index (χ1) is 4.59. The van der Waals surface area contributed by atoms with Gasteiger partial charge in [-0.2, -0.15) is 0 Å². The van der Waals surface area contributed by atoms with Gasteiger partial charge in [0.2, 0.25) is 0 Å². The number of methoxy groups -OCH3 is 1. The standard InChI is InChI=1S/C7H12O3/c1-5(8)7(4-10-3)6(2)9/h7H,4H2,1-3H3. The summed E-state index contributed by atoms with van der Waals surface area (Å²) in [7, 11) is 1.47. The average Bonchev–Trinajstić information content (AvgIpc) is 1.81. The monoisotopic (exact) mass is 144 g/mol. The van der Waals surface area contributed by atoms with E-state index in [1.54, 1.807) is 0 Å². The Morgan fingerprint density at radius 1 is 1.30 bits per heavy atom. The second kappa shape index (κ2) is 4.17. The van der Waals surface area contributed by atoms with E-state index in [1.807, 2.05) is 0 Å². The second-order valence-corrected chi connectivity index (χ2v) is 2.23. The number of ether oxygens (including phenoxy) is 1. The quantitative estimate of drug-likeness (QED) is 0.537. The molecule has 0 aromatic rings. The van der Waals surface area contributed by atoms with E-state index in [2.05, 4.69) is 4.74 Å². The van der Waals surface area contributed by atoms with E-state index in [1.165, 1.54) is 21.0 Å². The number of carbonyl (C=O) groups is 2. The van der Waals surface area contributed by atoms with E-state index >= 15 is 0 Å². The molecule has 0 N–H and O–H groups in total. The molecular weight excluding hydrogens is 132 g/mol. The molecule has 0 fully saturated rings. The summed E-state index contributed by atoms with van der Waals surface area (Å²) >= 11 is 0. The second-order valence-electron chi connectivity index (χ2n) is 2.23. The van der Waals surface area contributed by atoms with Crippen LogP contribution in [0.25, 0.3) is 0 Å². The van der Waals surface area contributed by atoms with Crippen molar-refractivity contribution in [1.82, 2.24) is 0 Å². The summed E-state index contributed by atoms with van der Waals surface area (Å²) in [5.41, 5.74) is 0. The van der Waals surface area contributed by atoms with E-state index in [4.69, 9.17) is 0 Å². The van der Waals surface area contributed by atoms with Crippen LogP contribution in [0.1, 0.15) is 13.8 Å². The van der Waals surface area contributed by atoms with Gasteiger partial charge in [0.05, 0.1) is 12.5 Å². The van der Waals surface area contributed by atoms with Crippen molar-refractivity contribution in [2.75, 3.05) is 13.7 Å². The highest BCUT2D eigenvalue weighted by atomic mass is 16.5. The van der Waals surface area contributed by atoms with Crippen LogP contribution in [0.5, 0.6) is 0 Å². The molecule has 0 radical (unpaired) electrons. The maximum absolute atomic E-state index is 10.7. The minimum atomic E-state index is -0.565. The van der Waals surface area contributed by atoms with Crippen molar-refractivity contribution in [3.63, 3.8) is 0 Å². The average molecular weight is 144 g/mol. The first-order valence-electron chi connectivity index (χ1n) is 3.09. The summed E-state index contributed by atoms with van der Waals surface area (Å²) in [6, 6.07) is 0. The van der Waals surface area contributed by atoms with E-state index in [0.29, 0.717) is 0 Å². The van der Waals surface area contributed by atoms with Crippen molar-refractivity contribution in [3.8, 4) is 0 Å². The van der Waals surface area contributed by atoms with E-state index in [-0.39, 0.29) is 18.2 Å². The molecule has 0 saturated carbocycles. The Kier molecular flexibility index (Phi) is 3.88. The van der Waals surface area contributed by atoms with Gasteiger partial charge in [-0.3, -0.25) is 9.59 Å². The number of rotatable bonds is 4. The highest BCUT2D eigenvalue weighted by molar-refractivity contribution is 6.00. The van der Waals surface area contributed by atoms with Crippen LogP contribution in [-0.4, -0.2) is 25.3 Å². The predicted octanol–water partition coefficient (Wildman–Crippen LogP) is 0.427. The number of carbonyl (C=O) groups excluding carboxylic acids is 2. The molecule has 0 saturated heterocycles. The summed E-state index contributed by atoms with van der Waals surface area (Å²) in [6.07, 6.45) is 0. The van der Waals surface area contributed by atoms with Crippen LogP contribution in [0.15, 0.2) is 0 Å². The number of hydrogen-bond donors (Lipinski definition) is 0. The zero-order chi connectivity index (χ0) is 8.15. The summed E-state index contributed by atoms with van der Waals surface area (Å²) in [4.78, 5) is 21.3. The molecule has 0 atom stereocenters. The van der Waals surface area contributed by atoms with Gasteiger partial charge in [0.25, 0.3) is 0 Å². The minimum absolute atomic E-state index is 0.130. The highest BCUT2D eigenvalue weighted by Gasteiger charge is 2.18. The fraction of sp³-hybridized carbons (Fsp3) is 0.714. The minimum Gasteiger partial charge on any atom is -0.383 e. The third kappa shape index (κ3) is 2.73. The number of ketones is 2. The van der Waals surface area contributed by atoms with Crippen LogP contribution in [-0.2, 0) is 14.3 Å². The van der Waals surface area contributed by atoms with Crippen LogP contribution in [0.4, 0.5) is 0 Å². The Morgan fingerprint density at radius 2 is 1.70 bits per heavy atom. The van der Waals surface area contributed by atoms with E-state index in [9.17, 15) is 9.59 Å². The number of hydrogen-bond acceptors (Lipinski definition) is 3. The molecule has 3 nitrogen and oxygen atoms in total. The van der Waals surface area contributed by atoms with Gasteiger partial charge in [-0.05, 0) is 13.8 Å². The van der Waals surface area contributed by atoms with Crippen LogP contribution in [0.2, 0.25) is 0 Å². The van der Waals surface area contributed by atoms with E-state index < -0.39 is 5.92 Å². The number of Topliss-reactive ketones (excluding diaryl/α,β-unsaturated/α-hetero) is 2. The van der Waals surface area contributed by atoms with Crippen molar-refractivity contribution >= 4 is 11.6 Å². The lowest BCUT2D eigenvalue weighted by molar-refractivity contribution is -0.132. The molecule has 3 heteroatoms. The Balaban J connectivity index is 3.98. The van der Waals surface area contributed by atoms with Gasteiger partial charge in [0.15, 0.2) is 0 Å². The van der Waals surface area contributed by atoms with Crippen LogP contribution >= 0.6 is 0 Å². The Morgan fingerprint density at radius 3 is 1.80 bits per heavy atom. The Hall–Kier alpha value is -0.700. The van der Waals surface area contributed by atoms with Gasteiger partial charge in [0, 0.05) is 7.11 Å². The Labute approximate surface area is 60.4 Å². The predicted molar refractivity (Wildman–Crippen MR) is 36.7 cm³/mol. The van der Waals surface area contributed by atoms with Crippen molar-refractivity contribution in [3.05, 3.63) is 0 Å². The lowest BCUT2D eigenvalue weighted by atomic mass is 10.0. The molecule has 0 aliphatic carbocycles. The molecule has 0 aliphatic rings. The molecule has 0 heterocycles. The van der Waals surface area contributed by atoms with Gasteiger partial charge in [-0.15, -0.1) is 0 Å². The summed E-state index contributed by atoms with van der Waals surface area (Å²) in [6.45, 7) is 2.99. The van der Waals surface area contributed by atoms with Crippen molar-refractivity contribution < 1.29 is 14.3 Å². The van der Waals surface area contributed by atoms with Crippen LogP contribution in [0.3, 0.4) is 0 Å². The third-order valence-electron chi connectivity index (χ3n) is 1.31. The van der Waals surface area contributed by atoms with Gasteiger partial charge >= 0.3 is 0 Å². The smallest absolute Gasteiger partial charge is 0.142 e. The first-order valence-corrected chi connectivity index (χ1v) is 3.09. The molecule has 0 spiro atoms. The molecule has 58 valence electrons. The maximum atomic E-state index is 10.7. The molecule has 0 aliphatic heterocycles. The third-order valence-corrected chi connectivity index (χ3v) is 1.31. The molecular formula is C7H12O3. The van der Waals surface area contributed by atoms with Gasteiger partial charge in [-0.25, -0.2) is 0 Å². The van der Waals surface area contributed by atoms with Crippen molar-refractivity contribution in [1.29, 1.82) is 0 Å². The van der Waals surface area contributed by atoms with Crippen molar-refractivity contribution in [2.45, 2.75) is 13.8 Å². The molecule has 0 unspecified atom stereocenters. The molecule has 10 heavy (non-hydrogen) atoms. The van der Waals surface area contributed by atoms with Crippen LogP contribution < -0.4 is 0 Å². The van der Waals surface area contributed by atoms with E-state index in [0.717, 1.165) is 0 Å². The Bertz CT molecular complexity index is 126. The lowest BCUT2D eigenvalue weighted by Gasteiger charge is -2.06. The largest absolute Gasteiger partial charge is 0.383 e. The molecule has 0 bridgehead atoms. The molecule has 0 rings (SSSR count). The van der Waals surface area contributed by atoms with Crippen LogP contribution in [0, 0.1) is 5.92 Å². The van der Waals surface area contributed by atoms with Crippen molar-refractivity contribution in [2.24, 2.45) is 5.92 Å². The fourth-order valence-electron chi connectivity index (χ4n) is 0.688.